The van der Waals surface area contributed by atoms with Gasteiger partial charge in [0.05, 0.1) is 6.54 Å². The first kappa shape index (κ1) is 14.2. The summed E-state index contributed by atoms with van der Waals surface area (Å²) in [6.07, 6.45) is 3.25. The Morgan fingerprint density at radius 1 is 1.45 bits per heavy atom. The van der Waals surface area contributed by atoms with Crippen LogP contribution in [0, 0.1) is 0 Å². The van der Waals surface area contributed by atoms with Crippen LogP contribution in [0.25, 0.3) is 0 Å². The Bertz CT molecular complexity index is 503. The van der Waals surface area contributed by atoms with Crippen molar-refractivity contribution in [2.75, 3.05) is 31.6 Å². The number of likely N-dealkylation sites (N-methyl/N-ethyl adjacent to an activating group) is 1. The summed E-state index contributed by atoms with van der Waals surface area (Å²) in [6, 6.07) is 1.72. The highest BCUT2D eigenvalue weighted by Crippen LogP contribution is 2.18. The molecule has 7 heteroatoms. The number of piperazine rings is 1. The van der Waals surface area contributed by atoms with E-state index in [4.69, 9.17) is 0 Å². The van der Waals surface area contributed by atoms with Crippen molar-refractivity contribution >= 4 is 17.8 Å². The number of nitrogens with one attached hydrogen (secondary N) is 1. The Morgan fingerprint density at radius 3 is 2.75 bits per heavy atom. The lowest BCUT2D eigenvalue weighted by atomic mass is 9.99. The molecular formula is C13H19N5O2. The average Bonchev–Trinajstić information content (AvgIpc) is 2.42. The monoisotopic (exact) mass is 277 g/mol. The van der Waals surface area contributed by atoms with Gasteiger partial charge in [-0.2, -0.15) is 0 Å². The molecule has 1 aromatic rings. The van der Waals surface area contributed by atoms with E-state index in [0.717, 1.165) is 0 Å². The highest BCUT2D eigenvalue weighted by Gasteiger charge is 2.40. The average molecular weight is 277 g/mol. The number of nitrogens with zero attached hydrogens (tertiary/aromatic N) is 4. The second-order valence-corrected chi connectivity index (χ2v) is 5.27. The maximum absolute atomic E-state index is 12.4. The molecule has 0 unspecified atom stereocenters. The molecule has 0 saturated carbocycles. The Labute approximate surface area is 118 Å². The van der Waals surface area contributed by atoms with Crippen LogP contribution in [0.5, 0.6) is 0 Å². The summed E-state index contributed by atoms with van der Waals surface area (Å²) in [7, 11) is 1.75. The zero-order chi connectivity index (χ0) is 14.8. The van der Waals surface area contributed by atoms with E-state index in [0.29, 0.717) is 19.0 Å². The normalized spacial score (nSPS) is 17.6. The molecule has 1 saturated heterocycles. The molecule has 2 rings (SSSR count). The molecule has 0 atom stereocenters. The van der Waals surface area contributed by atoms with Crippen LogP contribution in [0.1, 0.15) is 13.8 Å². The minimum Gasteiger partial charge on any atom is -0.352 e. The summed E-state index contributed by atoms with van der Waals surface area (Å²) in [4.78, 5) is 35.7. The van der Waals surface area contributed by atoms with Crippen molar-refractivity contribution in [1.82, 2.24) is 20.2 Å². The lowest BCUT2D eigenvalue weighted by molar-refractivity contribution is -0.148. The molecule has 0 spiro atoms. The predicted octanol–water partition coefficient (Wildman–Crippen LogP) is -0.350. The van der Waals surface area contributed by atoms with Gasteiger partial charge in [0.15, 0.2) is 0 Å². The van der Waals surface area contributed by atoms with Crippen molar-refractivity contribution in [3.05, 3.63) is 18.5 Å². The molecule has 1 aromatic heterocycles. The number of rotatable bonds is 3. The van der Waals surface area contributed by atoms with Crippen molar-refractivity contribution in [3.63, 3.8) is 0 Å². The summed E-state index contributed by atoms with van der Waals surface area (Å²) in [6.45, 7) is 4.64. The minimum absolute atomic E-state index is 0.111. The fraction of sp³-hybridized carbons (Fsp3) is 0.538. The van der Waals surface area contributed by atoms with Gasteiger partial charge in [-0.1, -0.05) is 0 Å². The molecule has 7 nitrogen and oxygen atoms in total. The fourth-order valence-electron chi connectivity index (χ4n) is 2.18. The van der Waals surface area contributed by atoms with Crippen LogP contribution >= 0.6 is 0 Å². The van der Waals surface area contributed by atoms with Crippen molar-refractivity contribution in [2.45, 2.75) is 19.4 Å². The Balaban J connectivity index is 2.06. The first-order valence-electron chi connectivity index (χ1n) is 6.50. The molecule has 2 heterocycles. The zero-order valence-corrected chi connectivity index (χ0v) is 12.0. The topological polar surface area (TPSA) is 78.4 Å². The molecule has 0 aromatic carbocycles. The van der Waals surface area contributed by atoms with Crippen LogP contribution in [-0.4, -0.2) is 58.9 Å². The first-order chi connectivity index (χ1) is 9.43. The van der Waals surface area contributed by atoms with E-state index in [-0.39, 0.29) is 18.4 Å². The van der Waals surface area contributed by atoms with Crippen molar-refractivity contribution in [2.24, 2.45) is 0 Å². The van der Waals surface area contributed by atoms with E-state index < -0.39 is 5.54 Å². The molecule has 0 aliphatic carbocycles. The van der Waals surface area contributed by atoms with E-state index in [9.17, 15) is 9.59 Å². The van der Waals surface area contributed by atoms with Crippen LogP contribution in [0.2, 0.25) is 0 Å². The number of hydrogen-bond acceptors (Lipinski definition) is 5. The number of anilines is 1. The van der Waals surface area contributed by atoms with Crippen LogP contribution in [0.15, 0.2) is 18.5 Å². The molecule has 0 radical (unpaired) electrons. The number of carbonyl (C=O) groups excluding carboxylic acids is 2. The van der Waals surface area contributed by atoms with Gasteiger partial charge in [0.1, 0.15) is 5.54 Å². The van der Waals surface area contributed by atoms with Crippen LogP contribution in [0.4, 0.5) is 5.95 Å². The van der Waals surface area contributed by atoms with Crippen LogP contribution < -0.4 is 10.2 Å². The van der Waals surface area contributed by atoms with E-state index in [1.54, 1.807) is 49.2 Å². The molecular weight excluding hydrogens is 258 g/mol. The maximum Gasteiger partial charge on any atom is 0.245 e. The van der Waals surface area contributed by atoms with Crippen molar-refractivity contribution in [3.8, 4) is 0 Å². The molecule has 108 valence electrons. The SMILES string of the molecule is CN(CC(=O)N1CCNC(=O)C1(C)C)c1ncccn1. The lowest BCUT2D eigenvalue weighted by Crippen LogP contribution is -2.64. The number of amides is 2. The minimum atomic E-state index is -0.826. The summed E-state index contributed by atoms with van der Waals surface area (Å²) in [5.41, 5.74) is -0.826. The van der Waals surface area contributed by atoms with Gasteiger partial charge in [-0.25, -0.2) is 9.97 Å². The standard InChI is InChI=1S/C13H19N5O2/c1-13(2)11(20)14-7-8-18(13)10(19)9-17(3)12-15-5-4-6-16-12/h4-6H,7-9H2,1-3H3,(H,14,20). The summed E-state index contributed by atoms with van der Waals surface area (Å²) in [5, 5.41) is 2.77. The van der Waals surface area contributed by atoms with E-state index in [2.05, 4.69) is 15.3 Å². The number of aromatic nitrogens is 2. The van der Waals surface area contributed by atoms with Gasteiger partial charge in [-0.3, -0.25) is 9.59 Å². The largest absolute Gasteiger partial charge is 0.352 e. The smallest absolute Gasteiger partial charge is 0.245 e. The molecule has 1 aliphatic rings. The highest BCUT2D eigenvalue weighted by molar-refractivity contribution is 5.93. The predicted molar refractivity (Wildman–Crippen MR) is 74.1 cm³/mol. The second-order valence-electron chi connectivity index (χ2n) is 5.27. The van der Waals surface area contributed by atoms with E-state index in [1.165, 1.54) is 0 Å². The molecule has 1 fully saturated rings. The maximum atomic E-state index is 12.4. The lowest BCUT2D eigenvalue weighted by Gasteiger charge is -2.41. The fourth-order valence-corrected chi connectivity index (χ4v) is 2.18. The van der Waals surface area contributed by atoms with Gasteiger partial charge in [0, 0.05) is 32.5 Å². The van der Waals surface area contributed by atoms with Crippen LogP contribution in [-0.2, 0) is 9.59 Å². The third kappa shape index (κ3) is 2.71. The summed E-state index contributed by atoms with van der Waals surface area (Å²) in [5.74, 6) is 0.246. The van der Waals surface area contributed by atoms with E-state index >= 15 is 0 Å². The third-order valence-corrected chi connectivity index (χ3v) is 3.42. The third-order valence-electron chi connectivity index (χ3n) is 3.42. The Kier molecular flexibility index (Phi) is 3.87. The molecule has 20 heavy (non-hydrogen) atoms. The van der Waals surface area contributed by atoms with Crippen LogP contribution in [0.3, 0.4) is 0 Å². The summed E-state index contributed by atoms with van der Waals surface area (Å²) < 4.78 is 0. The highest BCUT2D eigenvalue weighted by atomic mass is 16.2. The van der Waals surface area contributed by atoms with Crippen molar-refractivity contribution in [1.29, 1.82) is 0 Å². The molecule has 2 amide bonds. The summed E-state index contributed by atoms with van der Waals surface area (Å²) >= 11 is 0. The quantitative estimate of drug-likeness (QED) is 0.817. The number of carbonyl (C=O) groups is 2. The van der Waals surface area contributed by atoms with Gasteiger partial charge >= 0.3 is 0 Å². The van der Waals surface area contributed by atoms with Crippen molar-refractivity contribution < 1.29 is 9.59 Å². The number of hydrogen-bond donors (Lipinski definition) is 1. The van der Waals surface area contributed by atoms with Gasteiger partial charge in [-0.15, -0.1) is 0 Å². The second kappa shape index (κ2) is 5.44. The van der Waals surface area contributed by atoms with Gasteiger partial charge in [0.2, 0.25) is 17.8 Å². The Morgan fingerprint density at radius 2 is 2.10 bits per heavy atom. The molecule has 1 aliphatic heterocycles. The molecule has 1 N–H and O–H groups in total. The van der Waals surface area contributed by atoms with E-state index in [1.807, 2.05) is 0 Å². The molecule has 0 bridgehead atoms. The van der Waals surface area contributed by atoms with Gasteiger partial charge in [-0.05, 0) is 19.9 Å². The van der Waals surface area contributed by atoms with Gasteiger partial charge < -0.3 is 15.1 Å². The zero-order valence-electron chi connectivity index (χ0n) is 12.0. The van der Waals surface area contributed by atoms with Gasteiger partial charge in [0.25, 0.3) is 0 Å². The first-order valence-corrected chi connectivity index (χ1v) is 6.50. The Hall–Kier alpha value is -2.18.